The molecule has 2 aromatic carbocycles. The average molecular weight is 333 g/mol. The normalized spacial score (nSPS) is 27.2. The van der Waals surface area contributed by atoms with Gasteiger partial charge in [-0.15, -0.1) is 0 Å². The summed E-state index contributed by atoms with van der Waals surface area (Å²) in [7, 11) is 0. The van der Waals surface area contributed by atoms with Crippen LogP contribution in [0.3, 0.4) is 0 Å². The lowest BCUT2D eigenvalue weighted by Crippen LogP contribution is -2.33. The molecule has 1 saturated heterocycles. The molecule has 1 saturated carbocycles. The maximum Gasteiger partial charge on any atom is 0.233 e. The Morgan fingerprint density at radius 1 is 0.840 bits per heavy atom. The Labute approximate surface area is 148 Å². The highest BCUT2D eigenvalue weighted by atomic mass is 16.2. The van der Waals surface area contributed by atoms with Gasteiger partial charge in [0.2, 0.25) is 11.8 Å². The second-order valence-corrected chi connectivity index (χ2v) is 7.27. The van der Waals surface area contributed by atoms with Gasteiger partial charge in [0.1, 0.15) is 0 Å². The largest absolute Gasteiger partial charge is 0.275 e. The van der Waals surface area contributed by atoms with Gasteiger partial charge in [-0.05, 0) is 43.2 Å². The zero-order valence-corrected chi connectivity index (χ0v) is 14.5. The molecule has 0 spiro atoms. The topological polar surface area (TPSA) is 37.4 Å². The van der Waals surface area contributed by atoms with Crippen molar-refractivity contribution in [3.63, 3.8) is 0 Å². The first-order valence-electron chi connectivity index (χ1n) is 9.13. The van der Waals surface area contributed by atoms with Crippen molar-refractivity contribution in [1.82, 2.24) is 4.90 Å². The molecule has 2 amide bonds. The van der Waals surface area contributed by atoms with Gasteiger partial charge in [-0.2, -0.15) is 0 Å². The fourth-order valence-corrected chi connectivity index (χ4v) is 4.50. The van der Waals surface area contributed by atoms with Crippen LogP contribution in [-0.4, -0.2) is 16.7 Å². The summed E-state index contributed by atoms with van der Waals surface area (Å²) in [5, 5.41) is 0. The first-order valence-corrected chi connectivity index (χ1v) is 9.13. The number of amides is 2. The minimum absolute atomic E-state index is 0.0204. The highest BCUT2D eigenvalue weighted by Gasteiger charge is 2.51. The van der Waals surface area contributed by atoms with Crippen LogP contribution in [0.1, 0.15) is 49.3 Å². The lowest BCUT2D eigenvalue weighted by molar-refractivity contribution is -0.142. The van der Waals surface area contributed by atoms with Crippen LogP contribution in [-0.2, 0) is 9.59 Å². The van der Waals surface area contributed by atoms with Crippen LogP contribution in [0.2, 0.25) is 0 Å². The number of hydrogen-bond acceptors (Lipinski definition) is 2. The van der Waals surface area contributed by atoms with Gasteiger partial charge in [-0.3, -0.25) is 14.5 Å². The van der Waals surface area contributed by atoms with Crippen LogP contribution >= 0.6 is 0 Å². The fourth-order valence-electron chi connectivity index (χ4n) is 4.50. The molecule has 0 aromatic heterocycles. The molecule has 3 heteroatoms. The molecule has 1 aliphatic heterocycles. The van der Waals surface area contributed by atoms with E-state index < -0.39 is 0 Å². The summed E-state index contributed by atoms with van der Waals surface area (Å²) in [6.45, 7) is 1.96. The molecular formula is C22H23NO2. The van der Waals surface area contributed by atoms with Crippen molar-refractivity contribution in [3.05, 3.63) is 71.8 Å². The van der Waals surface area contributed by atoms with Crippen molar-refractivity contribution in [2.75, 3.05) is 0 Å². The van der Waals surface area contributed by atoms with Gasteiger partial charge in [0.05, 0.1) is 17.9 Å². The summed E-state index contributed by atoms with van der Waals surface area (Å²) in [5.41, 5.74) is 2.30. The van der Waals surface area contributed by atoms with E-state index in [1.165, 1.54) is 10.5 Å². The first kappa shape index (κ1) is 16.1. The lowest BCUT2D eigenvalue weighted by atomic mass is 9.73. The van der Waals surface area contributed by atoms with Gasteiger partial charge in [0, 0.05) is 0 Å². The Morgan fingerprint density at radius 3 is 2.12 bits per heavy atom. The van der Waals surface area contributed by atoms with Crippen molar-refractivity contribution in [2.45, 2.75) is 38.1 Å². The molecule has 4 rings (SSSR count). The number of likely N-dealkylation sites (tertiary alicyclic amines) is 1. The summed E-state index contributed by atoms with van der Waals surface area (Å²) in [6, 6.07) is 20.0. The van der Waals surface area contributed by atoms with E-state index in [1.54, 1.807) is 0 Å². The van der Waals surface area contributed by atoms with E-state index in [0.29, 0.717) is 5.92 Å². The van der Waals surface area contributed by atoms with Gasteiger partial charge in [-0.1, -0.05) is 60.7 Å². The van der Waals surface area contributed by atoms with Gasteiger partial charge in [0.25, 0.3) is 0 Å². The van der Waals surface area contributed by atoms with Crippen molar-refractivity contribution in [2.24, 2.45) is 11.8 Å². The third-order valence-electron chi connectivity index (χ3n) is 5.90. The van der Waals surface area contributed by atoms with E-state index in [4.69, 9.17) is 0 Å². The number of imide groups is 1. The van der Waals surface area contributed by atoms with Crippen LogP contribution in [0, 0.1) is 11.8 Å². The summed E-state index contributed by atoms with van der Waals surface area (Å²) in [6.07, 6.45) is 2.59. The van der Waals surface area contributed by atoms with Crippen molar-refractivity contribution < 1.29 is 9.59 Å². The third kappa shape index (κ3) is 2.78. The minimum atomic E-state index is -0.193. The number of rotatable bonds is 3. The molecule has 4 atom stereocenters. The molecular weight excluding hydrogens is 310 g/mol. The van der Waals surface area contributed by atoms with E-state index in [9.17, 15) is 9.59 Å². The number of hydrogen-bond donors (Lipinski definition) is 0. The smallest absolute Gasteiger partial charge is 0.233 e. The molecule has 1 heterocycles. The second-order valence-electron chi connectivity index (χ2n) is 7.27. The number of benzene rings is 2. The van der Waals surface area contributed by atoms with Gasteiger partial charge < -0.3 is 0 Å². The first-order chi connectivity index (χ1) is 12.2. The Morgan fingerprint density at radius 2 is 1.44 bits per heavy atom. The minimum Gasteiger partial charge on any atom is -0.275 e. The SMILES string of the molecule is CC(c1ccccc1)N1C(=O)C2CCC(c3ccccc3)CC2C1=O. The van der Waals surface area contributed by atoms with Crippen LogP contribution in [0.15, 0.2) is 60.7 Å². The van der Waals surface area contributed by atoms with Crippen LogP contribution < -0.4 is 0 Å². The molecule has 4 unspecified atom stereocenters. The van der Waals surface area contributed by atoms with E-state index in [-0.39, 0.29) is 29.7 Å². The molecule has 2 aliphatic rings. The Kier molecular flexibility index (Phi) is 4.16. The zero-order valence-electron chi connectivity index (χ0n) is 14.5. The van der Waals surface area contributed by atoms with Gasteiger partial charge in [-0.25, -0.2) is 0 Å². The number of nitrogens with zero attached hydrogens (tertiary/aromatic N) is 1. The monoisotopic (exact) mass is 333 g/mol. The summed E-state index contributed by atoms with van der Waals surface area (Å²) < 4.78 is 0. The predicted octanol–water partition coefficient (Wildman–Crippen LogP) is 4.32. The maximum atomic E-state index is 13.0. The fraction of sp³-hybridized carbons (Fsp3) is 0.364. The van der Waals surface area contributed by atoms with Crippen molar-refractivity contribution >= 4 is 11.8 Å². The number of fused-ring (bicyclic) bond motifs is 1. The average Bonchev–Trinajstić information content (AvgIpc) is 2.93. The molecule has 0 bridgehead atoms. The number of carbonyl (C=O) groups is 2. The van der Waals surface area contributed by atoms with E-state index in [1.807, 2.05) is 55.5 Å². The van der Waals surface area contributed by atoms with Gasteiger partial charge >= 0.3 is 0 Å². The summed E-state index contributed by atoms with van der Waals surface area (Å²) in [4.78, 5) is 27.5. The molecule has 25 heavy (non-hydrogen) atoms. The Bertz CT molecular complexity index is 771. The molecule has 2 aromatic rings. The quantitative estimate of drug-likeness (QED) is 0.785. The maximum absolute atomic E-state index is 13.0. The number of carbonyl (C=O) groups excluding carboxylic acids is 2. The molecule has 3 nitrogen and oxygen atoms in total. The van der Waals surface area contributed by atoms with E-state index >= 15 is 0 Å². The Balaban J connectivity index is 1.57. The van der Waals surface area contributed by atoms with Gasteiger partial charge in [0.15, 0.2) is 0 Å². The predicted molar refractivity (Wildman–Crippen MR) is 96.7 cm³/mol. The molecule has 2 fully saturated rings. The van der Waals surface area contributed by atoms with Crippen molar-refractivity contribution in [1.29, 1.82) is 0 Å². The van der Waals surface area contributed by atoms with Crippen molar-refractivity contribution in [3.8, 4) is 0 Å². The van der Waals surface area contributed by atoms with E-state index in [2.05, 4.69) is 12.1 Å². The zero-order chi connectivity index (χ0) is 17.4. The molecule has 1 aliphatic carbocycles. The molecule has 0 N–H and O–H groups in total. The molecule has 128 valence electrons. The summed E-state index contributed by atoms with van der Waals surface area (Å²) in [5.74, 6) is 0.146. The van der Waals surface area contributed by atoms with Crippen LogP contribution in [0.25, 0.3) is 0 Å². The van der Waals surface area contributed by atoms with E-state index in [0.717, 1.165) is 24.8 Å². The second kappa shape index (κ2) is 6.47. The highest BCUT2D eigenvalue weighted by molar-refractivity contribution is 6.05. The molecule has 0 radical (unpaired) electrons. The standard InChI is InChI=1S/C22H23NO2/c1-15(16-8-4-2-5-9-16)23-21(24)19-13-12-18(14-20(19)22(23)25)17-10-6-3-7-11-17/h2-11,15,18-20H,12-14H2,1H3. The lowest BCUT2D eigenvalue weighted by Gasteiger charge is -2.29. The van der Waals surface area contributed by atoms with Crippen LogP contribution in [0.4, 0.5) is 0 Å². The third-order valence-corrected chi connectivity index (χ3v) is 5.90. The van der Waals surface area contributed by atoms with Crippen LogP contribution in [0.5, 0.6) is 0 Å². The summed E-state index contributed by atoms with van der Waals surface area (Å²) >= 11 is 0. The Hall–Kier alpha value is -2.42. The highest BCUT2D eigenvalue weighted by Crippen LogP contribution is 2.46.